The molecule has 2 aromatic carbocycles. The van der Waals surface area contributed by atoms with Crippen LogP contribution in [-0.2, 0) is 16.1 Å². The molecule has 3 rings (SSSR count). The van der Waals surface area contributed by atoms with E-state index in [-0.39, 0.29) is 18.4 Å². The molecule has 0 radical (unpaired) electrons. The molecule has 5 heteroatoms. The number of hydrogen-bond donors (Lipinski definition) is 1. The van der Waals surface area contributed by atoms with Gasteiger partial charge in [0.15, 0.2) is 6.61 Å². The van der Waals surface area contributed by atoms with Crippen LogP contribution in [0, 0.1) is 6.92 Å². The van der Waals surface area contributed by atoms with Crippen LogP contribution in [0.5, 0.6) is 5.75 Å². The van der Waals surface area contributed by atoms with Gasteiger partial charge in [-0.25, -0.2) is 0 Å². The molecule has 2 aromatic rings. The van der Waals surface area contributed by atoms with Crippen LogP contribution in [0.1, 0.15) is 49.3 Å². The van der Waals surface area contributed by atoms with Crippen molar-refractivity contribution < 1.29 is 14.3 Å². The number of benzene rings is 2. The summed E-state index contributed by atoms with van der Waals surface area (Å²) >= 11 is 0. The zero-order valence-corrected chi connectivity index (χ0v) is 16.8. The van der Waals surface area contributed by atoms with Gasteiger partial charge in [-0.15, -0.1) is 0 Å². The summed E-state index contributed by atoms with van der Waals surface area (Å²) in [5.41, 5.74) is 4.06. The standard InChI is InChI=1S/C23H28N2O3/c1-16(2)20-10-9-17(3)12-21(20)28-15-22(26)24-14-18-6-4-7-19(13-18)25-11-5-8-23(25)27/h4,6-7,9-10,12-13,16H,5,8,11,14-15H2,1-3H3,(H,24,26). The van der Waals surface area contributed by atoms with Gasteiger partial charge in [0.2, 0.25) is 5.91 Å². The van der Waals surface area contributed by atoms with Crippen molar-refractivity contribution in [3.63, 3.8) is 0 Å². The molecular formula is C23H28N2O3. The van der Waals surface area contributed by atoms with Crippen molar-refractivity contribution in [2.24, 2.45) is 0 Å². The fourth-order valence-corrected chi connectivity index (χ4v) is 3.39. The first-order valence-corrected chi connectivity index (χ1v) is 9.83. The highest BCUT2D eigenvalue weighted by molar-refractivity contribution is 5.95. The van der Waals surface area contributed by atoms with Crippen LogP contribution < -0.4 is 15.0 Å². The van der Waals surface area contributed by atoms with Gasteiger partial charge in [0.05, 0.1) is 0 Å². The fourth-order valence-electron chi connectivity index (χ4n) is 3.39. The van der Waals surface area contributed by atoms with E-state index < -0.39 is 0 Å². The highest BCUT2D eigenvalue weighted by atomic mass is 16.5. The Morgan fingerprint density at radius 1 is 1.21 bits per heavy atom. The summed E-state index contributed by atoms with van der Waals surface area (Å²) < 4.78 is 5.78. The number of carbonyl (C=O) groups is 2. The minimum atomic E-state index is -0.168. The van der Waals surface area contributed by atoms with Crippen molar-refractivity contribution in [1.29, 1.82) is 0 Å². The average molecular weight is 380 g/mol. The topological polar surface area (TPSA) is 58.6 Å². The molecule has 148 valence electrons. The minimum Gasteiger partial charge on any atom is -0.483 e. The zero-order chi connectivity index (χ0) is 20.1. The highest BCUT2D eigenvalue weighted by Crippen LogP contribution is 2.27. The van der Waals surface area contributed by atoms with Crippen LogP contribution in [0.4, 0.5) is 5.69 Å². The molecule has 0 aliphatic carbocycles. The monoisotopic (exact) mass is 380 g/mol. The van der Waals surface area contributed by atoms with Crippen LogP contribution in [0.3, 0.4) is 0 Å². The fraction of sp³-hybridized carbons (Fsp3) is 0.391. The van der Waals surface area contributed by atoms with Gasteiger partial charge in [0, 0.05) is 25.2 Å². The maximum absolute atomic E-state index is 12.2. The van der Waals surface area contributed by atoms with Crippen LogP contribution in [0.25, 0.3) is 0 Å². The third-order valence-electron chi connectivity index (χ3n) is 4.94. The summed E-state index contributed by atoms with van der Waals surface area (Å²) in [5.74, 6) is 1.09. The lowest BCUT2D eigenvalue weighted by Crippen LogP contribution is -2.29. The first-order valence-electron chi connectivity index (χ1n) is 9.83. The van der Waals surface area contributed by atoms with Gasteiger partial charge in [0.25, 0.3) is 5.91 Å². The molecule has 1 aliphatic heterocycles. The third-order valence-corrected chi connectivity index (χ3v) is 4.94. The van der Waals surface area contributed by atoms with Crippen LogP contribution in [0.15, 0.2) is 42.5 Å². The number of aryl methyl sites for hydroxylation is 1. The number of carbonyl (C=O) groups excluding carboxylic acids is 2. The maximum atomic E-state index is 12.2. The Bertz CT molecular complexity index is 861. The minimum absolute atomic E-state index is 0.0204. The van der Waals surface area contributed by atoms with Gasteiger partial charge >= 0.3 is 0 Å². The molecule has 1 fully saturated rings. The van der Waals surface area contributed by atoms with E-state index in [0.717, 1.165) is 41.1 Å². The Labute approximate surface area is 166 Å². The Morgan fingerprint density at radius 2 is 2.04 bits per heavy atom. The molecule has 1 N–H and O–H groups in total. The lowest BCUT2D eigenvalue weighted by molar-refractivity contribution is -0.123. The van der Waals surface area contributed by atoms with E-state index >= 15 is 0 Å². The molecule has 0 bridgehead atoms. The van der Waals surface area contributed by atoms with E-state index in [1.165, 1.54) is 0 Å². The summed E-state index contributed by atoms with van der Waals surface area (Å²) in [6, 6.07) is 13.8. The molecule has 1 aliphatic rings. The van der Waals surface area contributed by atoms with Crippen molar-refractivity contribution in [3.05, 3.63) is 59.2 Å². The number of ether oxygens (including phenoxy) is 1. The highest BCUT2D eigenvalue weighted by Gasteiger charge is 2.21. The van der Waals surface area contributed by atoms with Crippen molar-refractivity contribution in [2.75, 3.05) is 18.1 Å². The molecule has 0 saturated carbocycles. The lowest BCUT2D eigenvalue weighted by atomic mass is 10.0. The summed E-state index contributed by atoms with van der Waals surface area (Å²) in [6.07, 6.45) is 1.50. The van der Waals surface area contributed by atoms with Gasteiger partial charge < -0.3 is 15.0 Å². The van der Waals surface area contributed by atoms with E-state index in [2.05, 4.69) is 31.3 Å². The molecule has 5 nitrogen and oxygen atoms in total. The Hall–Kier alpha value is -2.82. The summed E-state index contributed by atoms with van der Waals surface area (Å²) in [4.78, 5) is 26.0. The van der Waals surface area contributed by atoms with E-state index in [1.54, 1.807) is 4.90 Å². The van der Waals surface area contributed by atoms with Crippen molar-refractivity contribution in [2.45, 2.75) is 46.1 Å². The van der Waals surface area contributed by atoms with Gasteiger partial charge in [-0.3, -0.25) is 9.59 Å². The normalized spacial score (nSPS) is 13.9. The molecule has 2 amide bonds. The number of hydrogen-bond acceptors (Lipinski definition) is 3. The van der Waals surface area contributed by atoms with E-state index in [0.29, 0.717) is 18.9 Å². The molecule has 0 unspecified atom stereocenters. The van der Waals surface area contributed by atoms with Gasteiger partial charge in [-0.1, -0.05) is 38.1 Å². The first kappa shape index (κ1) is 19.9. The molecule has 0 spiro atoms. The maximum Gasteiger partial charge on any atom is 0.258 e. The number of amides is 2. The smallest absolute Gasteiger partial charge is 0.258 e. The van der Waals surface area contributed by atoms with E-state index in [9.17, 15) is 9.59 Å². The van der Waals surface area contributed by atoms with Gasteiger partial charge in [0.1, 0.15) is 5.75 Å². The predicted molar refractivity (Wildman–Crippen MR) is 111 cm³/mol. The number of anilines is 1. The Morgan fingerprint density at radius 3 is 2.75 bits per heavy atom. The van der Waals surface area contributed by atoms with Crippen LogP contribution in [0.2, 0.25) is 0 Å². The SMILES string of the molecule is Cc1ccc(C(C)C)c(OCC(=O)NCc2cccc(N3CCCC3=O)c2)c1. The van der Waals surface area contributed by atoms with Gasteiger partial charge in [-0.05, 0) is 54.2 Å². The molecule has 1 saturated heterocycles. The molecule has 0 aromatic heterocycles. The number of rotatable bonds is 7. The van der Waals surface area contributed by atoms with Crippen molar-refractivity contribution >= 4 is 17.5 Å². The van der Waals surface area contributed by atoms with Crippen molar-refractivity contribution in [3.8, 4) is 5.75 Å². The molecule has 28 heavy (non-hydrogen) atoms. The largest absolute Gasteiger partial charge is 0.483 e. The molecule has 0 atom stereocenters. The van der Waals surface area contributed by atoms with E-state index in [1.807, 2.05) is 37.3 Å². The number of nitrogens with one attached hydrogen (secondary N) is 1. The van der Waals surface area contributed by atoms with E-state index in [4.69, 9.17) is 4.74 Å². The second-order valence-corrected chi connectivity index (χ2v) is 7.58. The summed E-state index contributed by atoms with van der Waals surface area (Å²) in [5, 5.41) is 2.89. The summed E-state index contributed by atoms with van der Waals surface area (Å²) in [6.45, 7) is 7.37. The Kier molecular flexibility index (Phi) is 6.34. The second-order valence-electron chi connectivity index (χ2n) is 7.58. The lowest BCUT2D eigenvalue weighted by Gasteiger charge is -2.17. The third kappa shape index (κ3) is 4.91. The van der Waals surface area contributed by atoms with Crippen molar-refractivity contribution in [1.82, 2.24) is 5.32 Å². The quantitative estimate of drug-likeness (QED) is 0.791. The first-order chi connectivity index (χ1) is 13.4. The zero-order valence-electron chi connectivity index (χ0n) is 16.8. The summed E-state index contributed by atoms with van der Waals surface area (Å²) in [7, 11) is 0. The molecular weight excluding hydrogens is 352 g/mol. The predicted octanol–water partition coefficient (Wildman–Crippen LogP) is 3.94. The van der Waals surface area contributed by atoms with Crippen LogP contribution in [-0.4, -0.2) is 25.0 Å². The van der Waals surface area contributed by atoms with Crippen LogP contribution >= 0.6 is 0 Å². The molecule has 1 heterocycles. The second kappa shape index (κ2) is 8.91. The number of nitrogens with zero attached hydrogens (tertiary/aromatic N) is 1. The Balaban J connectivity index is 1.55. The van der Waals surface area contributed by atoms with Gasteiger partial charge in [-0.2, -0.15) is 0 Å². The average Bonchev–Trinajstić information content (AvgIpc) is 3.10.